The van der Waals surface area contributed by atoms with Crippen LogP contribution in [-0.4, -0.2) is 14.8 Å². The van der Waals surface area contributed by atoms with Gasteiger partial charge in [-0.1, -0.05) is 18.2 Å². The zero-order valence-corrected chi connectivity index (χ0v) is 13.1. The van der Waals surface area contributed by atoms with E-state index in [9.17, 15) is 0 Å². The molecule has 0 aliphatic rings. The predicted molar refractivity (Wildman–Crippen MR) is 89.3 cm³/mol. The zero-order chi connectivity index (χ0) is 16.2. The molecule has 1 N–H and O–H groups in total. The Kier molecular flexibility index (Phi) is 4.07. The second kappa shape index (κ2) is 6.32. The second-order valence-corrected chi connectivity index (χ2v) is 5.29. The van der Waals surface area contributed by atoms with Crippen molar-refractivity contribution in [2.75, 3.05) is 5.32 Å². The molecule has 0 aliphatic carbocycles. The van der Waals surface area contributed by atoms with Gasteiger partial charge in [-0.3, -0.25) is 0 Å². The van der Waals surface area contributed by atoms with E-state index in [2.05, 4.69) is 28.4 Å². The summed E-state index contributed by atoms with van der Waals surface area (Å²) >= 11 is 0. The highest BCUT2D eigenvalue weighted by Gasteiger charge is 2.12. The molecule has 114 valence electrons. The SMILES string of the molecule is Cc1nn(-c2ccccc2)c(C)c1CNc1ccc(C#N)cn1. The van der Waals surface area contributed by atoms with Crippen molar-refractivity contribution in [1.82, 2.24) is 14.8 Å². The van der Waals surface area contributed by atoms with E-state index in [1.54, 1.807) is 12.3 Å². The Morgan fingerprint density at radius 1 is 1.13 bits per heavy atom. The van der Waals surface area contributed by atoms with Crippen LogP contribution in [0.3, 0.4) is 0 Å². The summed E-state index contributed by atoms with van der Waals surface area (Å²) in [6.07, 6.45) is 1.56. The van der Waals surface area contributed by atoms with Crippen LogP contribution in [0.5, 0.6) is 0 Å². The van der Waals surface area contributed by atoms with Crippen LogP contribution in [0.25, 0.3) is 5.69 Å². The average molecular weight is 303 g/mol. The van der Waals surface area contributed by atoms with Crippen LogP contribution in [0.1, 0.15) is 22.5 Å². The van der Waals surface area contributed by atoms with Crippen molar-refractivity contribution in [1.29, 1.82) is 5.26 Å². The molecule has 0 atom stereocenters. The zero-order valence-electron chi connectivity index (χ0n) is 13.1. The molecule has 0 bridgehead atoms. The summed E-state index contributed by atoms with van der Waals surface area (Å²) in [7, 11) is 0. The monoisotopic (exact) mass is 303 g/mol. The molecule has 3 aromatic rings. The molecule has 0 saturated carbocycles. The predicted octanol–water partition coefficient (Wildman–Crippen LogP) is 3.37. The van der Waals surface area contributed by atoms with Gasteiger partial charge in [-0.05, 0) is 38.1 Å². The van der Waals surface area contributed by atoms with Gasteiger partial charge in [0.1, 0.15) is 11.9 Å². The number of hydrogen-bond acceptors (Lipinski definition) is 4. The Labute approximate surface area is 135 Å². The van der Waals surface area contributed by atoms with Crippen molar-refractivity contribution in [2.45, 2.75) is 20.4 Å². The van der Waals surface area contributed by atoms with Crippen LogP contribution >= 0.6 is 0 Å². The minimum Gasteiger partial charge on any atom is -0.366 e. The Morgan fingerprint density at radius 2 is 1.91 bits per heavy atom. The van der Waals surface area contributed by atoms with E-state index in [0.29, 0.717) is 12.1 Å². The first-order valence-corrected chi connectivity index (χ1v) is 7.39. The number of hydrogen-bond donors (Lipinski definition) is 1. The molecular weight excluding hydrogens is 286 g/mol. The molecule has 0 unspecified atom stereocenters. The number of aromatic nitrogens is 3. The Balaban J connectivity index is 1.81. The standard InChI is InChI=1S/C18H17N5/c1-13-17(12-21-18-9-8-15(10-19)11-20-18)14(2)23(22-13)16-6-4-3-5-7-16/h3-9,11H,12H2,1-2H3,(H,20,21). The smallest absolute Gasteiger partial charge is 0.126 e. The molecule has 2 aromatic heterocycles. The van der Waals surface area contributed by atoms with Crippen LogP contribution in [-0.2, 0) is 6.54 Å². The first-order valence-electron chi connectivity index (χ1n) is 7.39. The number of para-hydroxylation sites is 1. The number of rotatable bonds is 4. The maximum absolute atomic E-state index is 8.80. The number of nitrogens with zero attached hydrogens (tertiary/aromatic N) is 4. The third-order valence-electron chi connectivity index (χ3n) is 3.78. The molecule has 0 fully saturated rings. The fourth-order valence-electron chi connectivity index (χ4n) is 2.49. The summed E-state index contributed by atoms with van der Waals surface area (Å²) in [5.41, 5.74) is 4.86. The molecule has 0 amide bonds. The highest BCUT2D eigenvalue weighted by molar-refractivity contribution is 5.42. The van der Waals surface area contributed by atoms with E-state index in [1.165, 1.54) is 0 Å². The van der Waals surface area contributed by atoms with Crippen LogP contribution in [0.4, 0.5) is 5.82 Å². The quantitative estimate of drug-likeness (QED) is 0.802. The first-order chi connectivity index (χ1) is 11.2. The second-order valence-electron chi connectivity index (χ2n) is 5.29. The minimum absolute atomic E-state index is 0.555. The molecule has 0 radical (unpaired) electrons. The lowest BCUT2D eigenvalue weighted by molar-refractivity contribution is 0.832. The van der Waals surface area contributed by atoms with Gasteiger partial charge in [-0.15, -0.1) is 0 Å². The van der Waals surface area contributed by atoms with Crippen molar-refractivity contribution >= 4 is 5.82 Å². The van der Waals surface area contributed by atoms with Crippen molar-refractivity contribution < 1.29 is 0 Å². The van der Waals surface area contributed by atoms with Crippen molar-refractivity contribution in [2.24, 2.45) is 0 Å². The van der Waals surface area contributed by atoms with E-state index in [1.807, 2.05) is 48.0 Å². The average Bonchev–Trinajstić information content (AvgIpc) is 2.88. The van der Waals surface area contributed by atoms with Gasteiger partial charge in [-0.25, -0.2) is 9.67 Å². The Bertz CT molecular complexity index is 842. The highest BCUT2D eigenvalue weighted by atomic mass is 15.3. The summed E-state index contributed by atoms with van der Waals surface area (Å²) < 4.78 is 1.96. The lowest BCUT2D eigenvalue weighted by atomic mass is 10.2. The van der Waals surface area contributed by atoms with Crippen LogP contribution in [0.15, 0.2) is 48.7 Å². The first kappa shape index (κ1) is 14.8. The third kappa shape index (κ3) is 3.06. The number of nitriles is 1. The fraction of sp³-hybridized carbons (Fsp3) is 0.167. The molecule has 5 nitrogen and oxygen atoms in total. The van der Waals surface area contributed by atoms with Gasteiger partial charge >= 0.3 is 0 Å². The van der Waals surface area contributed by atoms with E-state index in [4.69, 9.17) is 5.26 Å². The van der Waals surface area contributed by atoms with Crippen LogP contribution in [0.2, 0.25) is 0 Å². The molecule has 23 heavy (non-hydrogen) atoms. The van der Waals surface area contributed by atoms with Crippen LogP contribution in [0, 0.1) is 25.2 Å². The van der Waals surface area contributed by atoms with Crippen molar-refractivity contribution in [3.63, 3.8) is 0 Å². The van der Waals surface area contributed by atoms with E-state index in [-0.39, 0.29) is 0 Å². The van der Waals surface area contributed by atoms with Gasteiger partial charge in [0.25, 0.3) is 0 Å². The highest BCUT2D eigenvalue weighted by Crippen LogP contribution is 2.19. The van der Waals surface area contributed by atoms with E-state index in [0.717, 1.165) is 28.5 Å². The fourth-order valence-corrected chi connectivity index (χ4v) is 2.49. The summed E-state index contributed by atoms with van der Waals surface area (Å²) in [5, 5.41) is 16.7. The van der Waals surface area contributed by atoms with Gasteiger partial charge in [0.05, 0.1) is 16.9 Å². The summed E-state index contributed by atoms with van der Waals surface area (Å²) in [6.45, 7) is 4.72. The summed E-state index contributed by atoms with van der Waals surface area (Å²) in [6, 6.07) is 15.7. The molecule has 1 aromatic carbocycles. The maximum atomic E-state index is 8.80. The normalized spacial score (nSPS) is 10.3. The molecular formula is C18H17N5. The lowest BCUT2D eigenvalue weighted by Crippen LogP contribution is -2.04. The van der Waals surface area contributed by atoms with Crippen molar-refractivity contribution in [3.05, 3.63) is 71.2 Å². The van der Waals surface area contributed by atoms with Gasteiger partial charge in [0.2, 0.25) is 0 Å². The maximum Gasteiger partial charge on any atom is 0.126 e. The number of anilines is 1. The number of benzene rings is 1. The molecule has 5 heteroatoms. The molecule has 0 spiro atoms. The lowest BCUT2D eigenvalue weighted by Gasteiger charge is -2.07. The molecule has 0 saturated heterocycles. The topological polar surface area (TPSA) is 66.5 Å². The summed E-state index contributed by atoms with van der Waals surface area (Å²) in [4.78, 5) is 4.23. The minimum atomic E-state index is 0.555. The Morgan fingerprint density at radius 3 is 2.57 bits per heavy atom. The third-order valence-corrected chi connectivity index (χ3v) is 3.78. The molecule has 3 rings (SSSR count). The largest absolute Gasteiger partial charge is 0.366 e. The Hall–Kier alpha value is -3.13. The summed E-state index contributed by atoms with van der Waals surface area (Å²) in [5.74, 6) is 0.746. The van der Waals surface area contributed by atoms with Gasteiger partial charge in [0.15, 0.2) is 0 Å². The van der Waals surface area contributed by atoms with Gasteiger partial charge < -0.3 is 5.32 Å². The van der Waals surface area contributed by atoms with Crippen LogP contribution < -0.4 is 5.32 Å². The van der Waals surface area contributed by atoms with Crippen molar-refractivity contribution in [3.8, 4) is 11.8 Å². The number of aryl methyl sites for hydroxylation is 1. The van der Waals surface area contributed by atoms with E-state index >= 15 is 0 Å². The van der Waals surface area contributed by atoms with E-state index < -0.39 is 0 Å². The number of nitrogens with one attached hydrogen (secondary N) is 1. The van der Waals surface area contributed by atoms with Gasteiger partial charge in [-0.2, -0.15) is 10.4 Å². The number of pyridine rings is 1. The van der Waals surface area contributed by atoms with Gasteiger partial charge in [0, 0.05) is 24.0 Å². The molecule has 0 aliphatic heterocycles. The molecule has 2 heterocycles.